The zero-order valence-corrected chi connectivity index (χ0v) is 13.4. The number of aryl methyl sites for hydroxylation is 1. The Hall–Kier alpha value is -2.69. The molecular formula is C18H19NO4. The molecule has 0 fully saturated rings. The number of carbonyl (C=O) groups excluding carboxylic acids is 1. The van der Waals surface area contributed by atoms with Crippen LogP contribution in [0.25, 0.3) is 0 Å². The van der Waals surface area contributed by atoms with Crippen LogP contribution in [0.5, 0.6) is 5.75 Å². The number of nitro groups is 1. The van der Waals surface area contributed by atoms with Crippen molar-refractivity contribution < 1.29 is 14.5 Å². The second-order valence-electron chi connectivity index (χ2n) is 5.58. The predicted molar refractivity (Wildman–Crippen MR) is 88.0 cm³/mol. The molecule has 0 bridgehead atoms. The highest BCUT2D eigenvalue weighted by molar-refractivity contribution is 5.91. The van der Waals surface area contributed by atoms with Crippen LogP contribution in [0, 0.1) is 10.1 Å². The predicted octanol–water partition coefficient (Wildman–Crippen LogP) is 4.50. The van der Waals surface area contributed by atoms with E-state index in [1.807, 2.05) is 32.9 Å². The van der Waals surface area contributed by atoms with Gasteiger partial charge in [-0.25, -0.2) is 4.79 Å². The molecule has 0 aliphatic carbocycles. The van der Waals surface area contributed by atoms with Crippen molar-refractivity contribution in [1.82, 2.24) is 0 Å². The molecule has 2 rings (SSSR count). The largest absolute Gasteiger partial charge is 0.416 e. The monoisotopic (exact) mass is 313 g/mol. The van der Waals surface area contributed by atoms with Crippen LogP contribution < -0.4 is 4.74 Å². The number of benzene rings is 2. The molecule has 0 heterocycles. The highest BCUT2D eigenvalue weighted by Gasteiger charge is 2.20. The molecule has 0 radical (unpaired) electrons. The first-order valence-electron chi connectivity index (χ1n) is 7.51. The van der Waals surface area contributed by atoms with Crippen molar-refractivity contribution in [3.05, 3.63) is 69.3 Å². The second-order valence-corrected chi connectivity index (χ2v) is 5.58. The van der Waals surface area contributed by atoms with E-state index in [1.54, 1.807) is 24.3 Å². The van der Waals surface area contributed by atoms with E-state index in [1.165, 1.54) is 6.07 Å². The van der Waals surface area contributed by atoms with Crippen molar-refractivity contribution in [3.63, 3.8) is 0 Å². The Kier molecular flexibility index (Phi) is 5.11. The summed E-state index contributed by atoms with van der Waals surface area (Å²) in [5.41, 5.74) is 2.13. The molecule has 5 heteroatoms. The molecule has 5 nitrogen and oxygen atoms in total. The zero-order chi connectivity index (χ0) is 17.0. The molecule has 0 spiro atoms. The first-order valence-corrected chi connectivity index (χ1v) is 7.51. The van der Waals surface area contributed by atoms with E-state index in [2.05, 4.69) is 0 Å². The summed E-state index contributed by atoms with van der Waals surface area (Å²) in [6, 6.07) is 11.6. The number of carbonyl (C=O) groups is 1. The van der Waals surface area contributed by atoms with E-state index < -0.39 is 10.9 Å². The van der Waals surface area contributed by atoms with Gasteiger partial charge in [-0.05, 0) is 41.7 Å². The number of esters is 1. The summed E-state index contributed by atoms with van der Waals surface area (Å²) in [7, 11) is 0. The Morgan fingerprint density at radius 3 is 2.35 bits per heavy atom. The Balaban J connectivity index is 2.31. The molecule has 0 aromatic heterocycles. The van der Waals surface area contributed by atoms with Crippen molar-refractivity contribution in [3.8, 4) is 5.75 Å². The molecule has 0 amide bonds. The molecule has 0 saturated carbocycles. The summed E-state index contributed by atoms with van der Waals surface area (Å²) >= 11 is 0. The fourth-order valence-corrected chi connectivity index (χ4v) is 2.16. The molecule has 120 valence electrons. The summed E-state index contributed by atoms with van der Waals surface area (Å²) in [4.78, 5) is 22.8. The molecule has 0 unspecified atom stereocenters. The van der Waals surface area contributed by atoms with Gasteiger partial charge in [0.05, 0.1) is 10.5 Å². The maximum Gasteiger partial charge on any atom is 0.343 e. The fraction of sp³-hybridized carbons (Fsp3) is 0.278. The van der Waals surface area contributed by atoms with Gasteiger partial charge in [-0.2, -0.15) is 0 Å². The van der Waals surface area contributed by atoms with Crippen LogP contribution >= 0.6 is 0 Å². The number of hydrogen-bond donors (Lipinski definition) is 0. The van der Waals surface area contributed by atoms with Crippen molar-refractivity contribution in [2.24, 2.45) is 0 Å². The zero-order valence-electron chi connectivity index (χ0n) is 13.4. The summed E-state index contributed by atoms with van der Waals surface area (Å²) in [6.45, 7) is 5.96. The number of nitrogens with zero attached hydrogens (tertiary/aromatic N) is 1. The molecule has 0 saturated heterocycles. The minimum atomic E-state index is -0.600. The highest BCUT2D eigenvalue weighted by atomic mass is 16.6. The number of rotatable bonds is 5. The molecule has 2 aromatic rings. The van der Waals surface area contributed by atoms with E-state index >= 15 is 0 Å². The van der Waals surface area contributed by atoms with Gasteiger partial charge in [-0.3, -0.25) is 10.1 Å². The number of hydrogen-bond acceptors (Lipinski definition) is 4. The minimum absolute atomic E-state index is 0.0224. The quantitative estimate of drug-likeness (QED) is 0.353. The minimum Gasteiger partial charge on any atom is -0.416 e. The van der Waals surface area contributed by atoms with Gasteiger partial charge < -0.3 is 4.74 Å². The Morgan fingerprint density at radius 1 is 1.17 bits per heavy atom. The second kappa shape index (κ2) is 7.05. The van der Waals surface area contributed by atoms with Gasteiger partial charge in [0.1, 0.15) is 0 Å². The Bertz CT molecular complexity index is 720. The van der Waals surface area contributed by atoms with Crippen LogP contribution in [0.3, 0.4) is 0 Å². The average molecular weight is 313 g/mol. The Labute approximate surface area is 135 Å². The summed E-state index contributed by atoms with van der Waals surface area (Å²) in [5, 5.41) is 11.1. The maximum absolute atomic E-state index is 12.2. The molecular weight excluding hydrogens is 294 g/mol. The van der Waals surface area contributed by atoms with Crippen LogP contribution in [0.2, 0.25) is 0 Å². The summed E-state index contributed by atoms with van der Waals surface area (Å²) in [5.74, 6) is -0.445. The van der Waals surface area contributed by atoms with E-state index in [4.69, 9.17) is 4.74 Å². The maximum atomic E-state index is 12.2. The SMILES string of the molecule is CCc1ccc(C(=O)Oc2cc(C(C)C)ccc2[N+](=O)[O-])cc1. The van der Waals surface area contributed by atoms with Gasteiger partial charge in [0.2, 0.25) is 5.75 Å². The smallest absolute Gasteiger partial charge is 0.343 e. The lowest BCUT2D eigenvalue weighted by atomic mass is 10.0. The third-order valence-corrected chi connectivity index (χ3v) is 3.65. The molecule has 0 atom stereocenters. The van der Waals surface area contributed by atoms with Crippen LogP contribution in [0.15, 0.2) is 42.5 Å². The van der Waals surface area contributed by atoms with Crippen molar-refractivity contribution in [2.45, 2.75) is 33.1 Å². The van der Waals surface area contributed by atoms with Gasteiger partial charge in [0.25, 0.3) is 0 Å². The molecule has 0 aliphatic heterocycles. The Morgan fingerprint density at radius 2 is 1.83 bits per heavy atom. The van der Waals surface area contributed by atoms with Crippen molar-refractivity contribution >= 4 is 11.7 Å². The van der Waals surface area contributed by atoms with E-state index in [9.17, 15) is 14.9 Å². The highest BCUT2D eigenvalue weighted by Crippen LogP contribution is 2.31. The first-order chi connectivity index (χ1) is 10.9. The summed E-state index contributed by atoms with van der Waals surface area (Å²) < 4.78 is 5.28. The average Bonchev–Trinajstić information content (AvgIpc) is 2.54. The topological polar surface area (TPSA) is 69.4 Å². The third-order valence-electron chi connectivity index (χ3n) is 3.65. The van der Waals surface area contributed by atoms with Crippen molar-refractivity contribution in [1.29, 1.82) is 0 Å². The van der Waals surface area contributed by atoms with Gasteiger partial charge >= 0.3 is 11.7 Å². The lowest BCUT2D eigenvalue weighted by Gasteiger charge is -2.09. The molecule has 23 heavy (non-hydrogen) atoms. The van der Waals surface area contributed by atoms with Crippen LogP contribution in [-0.2, 0) is 6.42 Å². The van der Waals surface area contributed by atoms with Gasteiger partial charge in [-0.1, -0.05) is 39.0 Å². The molecule has 2 aromatic carbocycles. The van der Waals surface area contributed by atoms with Crippen LogP contribution in [0.1, 0.15) is 48.2 Å². The third kappa shape index (κ3) is 3.94. The van der Waals surface area contributed by atoms with E-state index in [0.717, 1.165) is 17.5 Å². The first kappa shape index (κ1) is 16.7. The number of nitro benzene ring substituents is 1. The number of ether oxygens (including phenoxy) is 1. The standard InChI is InChI=1S/C18H19NO4/c1-4-13-5-7-14(8-6-13)18(20)23-17-11-15(12(2)3)9-10-16(17)19(21)22/h5-12H,4H2,1-3H3. The lowest BCUT2D eigenvalue weighted by molar-refractivity contribution is -0.385. The van der Waals surface area contributed by atoms with Gasteiger partial charge in [0, 0.05) is 6.07 Å². The van der Waals surface area contributed by atoms with Crippen molar-refractivity contribution in [2.75, 3.05) is 0 Å². The van der Waals surface area contributed by atoms with Crippen LogP contribution in [0.4, 0.5) is 5.69 Å². The van der Waals surface area contributed by atoms with E-state index in [0.29, 0.717) is 5.56 Å². The molecule has 0 N–H and O–H groups in total. The normalized spacial score (nSPS) is 10.6. The van der Waals surface area contributed by atoms with Gasteiger partial charge in [-0.15, -0.1) is 0 Å². The van der Waals surface area contributed by atoms with Crippen LogP contribution in [-0.4, -0.2) is 10.9 Å². The fourth-order valence-electron chi connectivity index (χ4n) is 2.16. The van der Waals surface area contributed by atoms with E-state index in [-0.39, 0.29) is 17.4 Å². The summed E-state index contributed by atoms with van der Waals surface area (Å²) in [6.07, 6.45) is 0.872. The lowest BCUT2D eigenvalue weighted by Crippen LogP contribution is -2.10. The van der Waals surface area contributed by atoms with Gasteiger partial charge in [0.15, 0.2) is 0 Å². The molecule has 0 aliphatic rings.